The lowest BCUT2D eigenvalue weighted by Gasteiger charge is -2.13. The van der Waals surface area contributed by atoms with Crippen LogP contribution in [0.4, 0.5) is 0 Å². The van der Waals surface area contributed by atoms with Crippen LogP contribution >= 0.6 is 0 Å². The second kappa shape index (κ2) is 10.5. The van der Waals surface area contributed by atoms with Gasteiger partial charge in [-0.05, 0) is 86.3 Å². The first-order valence-corrected chi connectivity index (χ1v) is 13.6. The van der Waals surface area contributed by atoms with Crippen LogP contribution in [0.3, 0.4) is 0 Å². The molecule has 0 amide bonds. The van der Waals surface area contributed by atoms with Gasteiger partial charge >= 0.3 is 0 Å². The molecule has 0 aliphatic carbocycles. The summed E-state index contributed by atoms with van der Waals surface area (Å²) in [6.45, 7) is 0. The van der Waals surface area contributed by atoms with Crippen molar-refractivity contribution in [3.8, 4) is 55.8 Å². The van der Waals surface area contributed by atoms with Gasteiger partial charge in [0.25, 0.3) is 0 Å². The van der Waals surface area contributed by atoms with Gasteiger partial charge in [0.15, 0.2) is 0 Å². The fourth-order valence-electron chi connectivity index (χ4n) is 5.37. The van der Waals surface area contributed by atoms with Crippen LogP contribution in [-0.4, -0.2) is 4.98 Å². The lowest BCUT2D eigenvalue weighted by atomic mass is 9.92. The van der Waals surface area contributed by atoms with E-state index in [4.69, 9.17) is 4.98 Å². The van der Waals surface area contributed by atoms with Gasteiger partial charge in [-0.15, -0.1) is 0 Å². The average molecular weight is 510 g/mol. The second-order valence-corrected chi connectivity index (χ2v) is 10.1. The Balaban J connectivity index is 1.30. The zero-order chi connectivity index (χ0) is 26.7. The number of fused-ring (bicyclic) bond motifs is 1. The highest BCUT2D eigenvalue weighted by Crippen LogP contribution is 2.35. The number of pyridine rings is 1. The normalized spacial score (nSPS) is 11.0. The van der Waals surface area contributed by atoms with Crippen LogP contribution in [0, 0.1) is 0 Å². The Kier molecular flexibility index (Phi) is 6.24. The summed E-state index contributed by atoms with van der Waals surface area (Å²) < 4.78 is 0. The summed E-state index contributed by atoms with van der Waals surface area (Å²) in [5.74, 6) is 0. The molecule has 0 unspecified atom stereocenters. The van der Waals surface area contributed by atoms with E-state index in [1.807, 2.05) is 6.20 Å². The van der Waals surface area contributed by atoms with Crippen LogP contribution in [0.5, 0.6) is 0 Å². The van der Waals surface area contributed by atoms with Gasteiger partial charge in [-0.1, -0.05) is 121 Å². The molecule has 0 saturated heterocycles. The lowest BCUT2D eigenvalue weighted by Crippen LogP contribution is -1.88. The highest BCUT2D eigenvalue weighted by atomic mass is 14.7. The molecule has 0 fully saturated rings. The molecule has 1 nitrogen and oxygen atoms in total. The van der Waals surface area contributed by atoms with E-state index >= 15 is 0 Å². The van der Waals surface area contributed by atoms with Crippen molar-refractivity contribution >= 4 is 10.8 Å². The van der Waals surface area contributed by atoms with E-state index in [0.717, 1.165) is 16.6 Å². The van der Waals surface area contributed by atoms with Crippen molar-refractivity contribution in [1.82, 2.24) is 4.98 Å². The number of benzene rings is 6. The zero-order valence-electron chi connectivity index (χ0n) is 22.0. The highest BCUT2D eigenvalue weighted by molar-refractivity contribution is 5.86. The summed E-state index contributed by atoms with van der Waals surface area (Å²) in [6, 6.07) is 56.2. The van der Waals surface area contributed by atoms with Gasteiger partial charge in [0.05, 0.1) is 5.69 Å². The SMILES string of the molecule is c1ccc(-c2cc(-c3ccccc3)cc(-c3cccc(-c4cccc(-c5cc6ccccc6cn5)c4)c3)c2)cc1. The van der Waals surface area contributed by atoms with Gasteiger partial charge in [-0.3, -0.25) is 4.98 Å². The number of hydrogen-bond donors (Lipinski definition) is 0. The van der Waals surface area contributed by atoms with E-state index in [1.54, 1.807) is 0 Å². The molecule has 188 valence electrons. The standard InChI is InChI=1S/C39H27N/c1-3-11-28(12-4-1)36-23-37(29-13-5-2-6-14-29)25-38(24-36)32-19-9-17-30(21-32)31-18-10-20-34(22-31)39-26-33-15-7-8-16-35(33)27-40-39/h1-27H. The fourth-order valence-corrected chi connectivity index (χ4v) is 5.37. The third-order valence-electron chi connectivity index (χ3n) is 7.47. The minimum absolute atomic E-state index is 0.986. The van der Waals surface area contributed by atoms with Crippen molar-refractivity contribution in [2.75, 3.05) is 0 Å². The Morgan fingerprint density at radius 2 is 0.675 bits per heavy atom. The third kappa shape index (κ3) is 4.81. The van der Waals surface area contributed by atoms with Gasteiger partial charge in [0.2, 0.25) is 0 Å². The molecular formula is C39H27N. The number of hydrogen-bond acceptors (Lipinski definition) is 1. The van der Waals surface area contributed by atoms with Crippen molar-refractivity contribution in [3.05, 3.63) is 164 Å². The van der Waals surface area contributed by atoms with Crippen LogP contribution in [0.25, 0.3) is 66.5 Å². The van der Waals surface area contributed by atoms with Crippen LogP contribution in [0.1, 0.15) is 0 Å². The maximum atomic E-state index is 4.75. The largest absolute Gasteiger partial charge is 0.256 e. The molecule has 1 heteroatoms. The Morgan fingerprint density at radius 1 is 0.275 bits per heavy atom. The molecule has 6 aromatic carbocycles. The molecule has 40 heavy (non-hydrogen) atoms. The van der Waals surface area contributed by atoms with Crippen LogP contribution in [0.15, 0.2) is 164 Å². The molecule has 0 radical (unpaired) electrons. The smallest absolute Gasteiger partial charge is 0.0708 e. The molecule has 0 saturated carbocycles. The molecule has 0 aliphatic rings. The number of nitrogens with zero attached hydrogens (tertiary/aromatic N) is 1. The minimum atomic E-state index is 0.986. The molecule has 0 spiro atoms. The molecule has 7 aromatic rings. The van der Waals surface area contributed by atoms with E-state index < -0.39 is 0 Å². The van der Waals surface area contributed by atoms with E-state index in [9.17, 15) is 0 Å². The van der Waals surface area contributed by atoms with E-state index in [2.05, 4.69) is 158 Å². The summed E-state index contributed by atoms with van der Waals surface area (Å²) in [5.41, 5.74) is 11.7. The molecule has 0 aliphatic heterocycles. The Labute approximate surface area is 235 Å². The van der Waals surface area contributed by atoms with Gasteiger partial charge in [0, 0.05) is 17.1 Å². The van der Waals surface area contributed by atoms with Crippen molar-refractivity contribution in [3.63, 3.8) is 0 Å². The number of rotatable bonds is 5. The van der Waals surface area contributed by atoms with Crippen LogP contribution in [-0.2, 0) is 0 Å². The van der Waals surface area contributed by atoms with Crippen molar-refractivity contribution in [1.29, 1.82) is 0 Å². The third-order valence-corrected chi connectivity index (χ3v) is 7.47. The average Bonchev–Trinajstić information content (AvgIpc) is 3.05. The summed E-state index contributed by atoms with van der Waals surface area (Å²) in [4.78, 5) is 4.75. The summed E-state index contributed by atoms with van der Waals surface area (Å²) >= 11 is 0. The van der Waals surface area contributed by atoms with E-state index in [-0.39, 0.29) is 0 Å². The predicted molar refractivity (Wildman–Crippen MR) is 169 cm³/mol. The second-order valence-electron chi connectivity index (χ2n) is 10.1. The molecule has 0 bridgehead atoms. The van der Waals surface area contributed by atoms with Gasteiger partial charge in [-0.2, -0.15) is 0 Å². The van der Waals surface area contributed by atoms with Crippen LogP contribution < -0.4 is 0 Å². The molecule has 7 rings (SSSR count). The van der Waals surface area contributed by atoms with Gasteiger partial charge < -0.3 is 0 Å². The summed E-state index contributed by atoms with van der Waals surface area (Å²) in [5, 5.41) is 2.36. The first kappa shape index (κ1) is 23.8. The maximum Gasteiger partial charge on any atom is 0.0708 e. The Hall–Kier alpha value is -5.27. The molecule has 0 N–H and O–H groups in total. The van der Waals surface area contributed by atoms with E-state index in [0.29, 0.717) is 0 Å². The first-order chi connectivity index (χ1) is 19.8. The Morgan fingerprint density at radius 3 is 1.27 bits per heavy atom. The maximum absolute atomic E-state index is 4.75. The monoisotopic (exact) mass is 509 g/mol. The summed E-state index contributed by atoms with van der Waals surface area (Å²) in [7, 11) is 0. The fraction of sp³-hybridized carbons (Fsp3) is 0. The molecule has 1 heterocycles. The quantitative estimate of drug-likeness (QED) is 0.225. The Bertz CT molecular complexity index is 1880. The van der Waals surface area contributed by atoms with Crippen LogP contribution in [0.2, 0.25) is 0 Å². The van der Waals surface area contributed by atoms with Crippen molar-refractivity contribution in [2.24, 2.45) is 0 Å². The minimum Gasteiger partial charge on any atom is -0.256 e. The first-order valence-electron chi connectivity index (χ1n) is 13.6. The predicted octanol–water partition coefficient (Wildman–Crippen LogP) is 10.6. The number of aromatic nitrogens is 1. The summed E-state index contributed by atoms with van der Waals surface area (Å²) in [6.07, 6.45) is 1.96. The van der Waals surface area contributed by atoms with Gasteiger partial charge in [-0.25, -0.2) is 0 Å². The van der Waals surface area contributed by atoms with Gasteiger partial charge in [0.1, 0.15) is 0 Å². The lowest BCUT2D eigenvalue weighted by molar-refractivity contribution is 1.36. The van der Waals surface area contributed by atoms with Crippen molar-refractivity contribution in [2.45, 2.75) is 0 Å². The molecular weight excluding hydrogens is 482 g/mol. The van der Waals surface area contributed by atoms with E-state index in [1.165, 1.54) is 49.9 Å². The highest BCUT2D eigenvalue weighted by Gasteiger charge is 2.10. The topological polar surface area (TPSA) is 12.9 Å². The zero-order valence-corrected chi connectivity index (χ0v) is 22.0. The molecule has 0 atom stereocenters. The van der Waals surface area contributed by atoms with Crippen molar-refractivity contribution < 1.29 is 0 Å². The molecule has 1 aromatic heterocycles.